The second-order valence-corrected chi connectivity index (χ2v) is 6.01. The second kappa shape index (κ2) is 8.28. The van der Waals surface area contributed by atoms with Crippen molar-refractivity contribution in [3.63, 3.8) is 0 Å². The van der Waals surface area contributed by atoms with E-state index in [0.717, 1.165) is 6.54 Å². The molecule has 0 radical (unpaired) electrons. The number of aromatic nitrogens is 2. The average Bonchev–Trinajstić information content (AvgIpc) is 3.15. The zero-order valence-corrected chi connectivity index (χ0v) is 14.8. The molecule has 2 aromatic carbocycles. The molecule has 0 N–H and O–H groups in total. The highest BCUT2D eigenvalue weighted by Crippen LogP contribution is 2.21. The first-order chi connectivity index (χ1) is 12.7. The molecule has 0 amide bonds. The molecular weight excluding hydrogens is 328 g/mol. The quantitative estimate of drug-likeness (QED) is 0.648. The lowest BCUT2D eigenvalue weighted by molar-refractivity contribution is 0.203. The molecule has 1 aromatic heterocycles. The van der Waals surface area contributed by atoms with Gasteiger partial charge in [-0.3, -0.25) is 4.90 Å². The Kier molecular flexibility index (Phi) is 5.62. The van der Waals surface area contributed by atoms with Gasteiger partial charge in [-0.1, -0.05) is 42.5 Å². The SMILES string of the molecule is CC(c1nnc(COc2ccccc2C#N)o1)N(C)Cc1ccccc1. The molecule has 1 heterocycles. The zero-order chi connectivity index (χ0) is 18.4. The fourth-order valence-corrected chi connectivity index (χ4v) is 2.51. The predicted octanol–water partition coefficient (Wildman–Crippen LogP) is 3.71. The van der Waals surface area contributed by atoms with E-state index < -0.39 is 0 Å². The topological polar surface area (TPSA) is 75.2 Å². The van der Waals surface area contributed by atoms with Gasteiger partial charge in [0.05, 0.1) is 11.6 Å². The lowest BCUT2D eigenvalue weighted by Crippen LogP contribution is -2.22. The van der Waals surface area contributed by atoms with Crippen LogP contribution in [0.15, 0.2) is 59.0 Å². The van der Waals surface area contributed by atoms with Crippen LogP contribution in [0.4, 0.5) is 0 Å². The summed E-state index contributed by atoms with van der Waals surface area (Å²) >= 11 is 0. The minimum atomic E-state index is -0.0251. The number of rotatable bonds is 7. The third-order valence-electron chi connectivity index (χ3n) is 4.13. The molecule has 0 spiro atoms. The average molecular weight is 348 g/mol. The van der Waals surface area contributed by atoms with Crippen molar-refractivity contribution in [2.45, 2.75) is 26.1 Å². The van der Waals surface area contributed by atoms with Gasteiger partial charge in [-0.05, 0) is 31.7 Å². The molecule has 6 heteroatoms. The summed E-state index contributed by atoms with van der Waals surface area (Å²) in [5.41, 5.74) is 1.70. The Morgan fingerprint density at radius 2 is 1.85 bits per heavy atom. The Balaban J connectivity index is 1.61. The highest BCUT2D eigenvalue weighted by Gasteiger charge is 2.19. The van der Waals surface area contributed by atoms with Gasteiger partial charge < -0.3 is 9.15 Å². The van der Waals surface area contributed by atoms with Crippen LogP contribution in [0.25, 0.3) is 0 Å². The van der Waals surface area contributed by atoms with Gasteiger partial charge in [0.2, 0.25) is 5.89 Å². The van der Waals surface area contributed by atoms with Crippen LogP contribution in [-0.2, 0) is 13.2 Å². The van der Waals surface area contributed by atoms with E-state index in [4.69, 9.17) is 14.4 Å². The normalized spacial score (nSPS) is 11.9. The second-order valence-electron chi connectivity index (χ2n) is 6.01. The summed E-state index contributed by atoms with van der Waals surface area (Å²) in [7, 11) is 2.02. The van der Waals surface area contributed by atoms with E-state index in [1.165, 1.54) is 5.56 Å². The monoisotopic (exact) mass is 348 g/mol. The largest absolute Gasteiger partial charge is 0.482 e. The first kappa shape index (κ1) is 17.6. The predicted molar refractivity (Wildman–Crippen MR) is 96.1 cm³/mol. The van der Waals surface area contributed by atoms with Crippen LogP contribution in [-0.4, -0.2) is 22.1 Å². The van der Waals surface area contributed by atoms with Gasteiger partial charge in [-0.2, -0.15) is 5.26 Å². The van der Waals surface area contributed by atoms with Crippen LogP contribution in [0.2, 0.25) is 0 Å². The lowest BCUT2D eigenvalue weighted by Gasteiger charge is -2.21. The minimum Gasteiger partial charge on any atom is -0.482 e. The van der Waals surface area contributed by atoms with E-state index in [1.807, 2.05) is 38.2 Å². The van der Waals surface area contributed by atoms with E-state index >= 15 is 0 Å². The summed E-state index contributed by atoms with van der Waals surface area (Å²) in [5.74, 6) is 1.42. The first-order valence-electron chi connectivity index (χ1n) is 8.35. The third kappa shape index (κ3) is 4.26. The summed E-state index contributed by atoms with van der Waals surface area (Å²) in [4.78, 5) is 2.14. The van der Waals surface area contributed by atoms with E-state index in [2.05, 4.69) is 33.3 Å². The van der Waals surface area contributed by atoms with Crippen LogP contribution in [0, 0.1) is 11.3 Å². The van der Waals surface area contributed by atoms with Gasteiger partial charge in [0.15, 0.2) is 6.61 Å². The molecule has 0 saturated carbocycles. The Morgan fingerprint density at radius 1 is 1.12 bits per heavy atom. The van der Waals surface area contributed by atoms with E-state index in [9.17, 15) is 0 Å². The molecule has 26 heavy (non-hydrogen) atoms. The molecule has 0 bridgehead atoms. The molecular formula is C20H20N4O2. The van der Waals surface area contributed by atoms with Gasteiger partial charge in [-0.15, -0.1) is 10.2 Å². The number of hydrogen-bond acceptors (Lipinski definition) is 6. The molecule has 0 aliphatic heterocycles. The van der Waals surface area contributed by atoms with Crippen molar-refractivity contribution in [2.75, 3.05) is 7.05 Å². The molecule has 0 aliphatic carbocycles. The Hall–Kier alpha value is -3.17. The van der Waals surface area contributed by atoms with Crippen molar-refractivity contribution in [2.24, 2.45) is 0 Å². The molecule has 3 aromatic rings. The smallest absolute Gasteiger partial charge is 0.253 e. The zero-order valence-electron chi connectivity index (χ0n) is 14.8. The first-order valence-corrected chi connectivity index (χ1v) is 8.35. The maximum absolute atomic E-state index is 9.09. The number of hydrogen-bond donors (Lipinski definition) is 0. The summed E-state index contributed by atoms with van der Waals surface area (Å²) < 4.78 is 11.4. The molecule has 0 fully saturated rings. The highest BCUT2D eigenvalue weighted by atomic mass is 16.5. The maximum atomic E-state index is 9.09. The molecule has 6 nitrogen and oxygen atoms in total. The van der Waals surface area contributed by atoms with Gasteiger partial charge in [0.1, 0.15) is 11.8 Å². The Bertz CT molecular complexity index is 886. The van der Waals surface area contributed by atoms with Gasteiger partial charge in [0.25, 0.3) is 5.89 Å². The fraction of sp³-hybridized carbons (Fsp3) is 0.250. The number of benzene rings is 2. The third-order valence-corrected chi connectivity index (χ3v) is 4.13. The van der Waals surface area contributed by atoms with E-state index in [1.54, 1.807) is 18.2 Å². The van der Waals surface area contributed by atoms with Crippen molar-refractivity contribution < 1.29 is 9.15 Å². The van der Waals surface area contributed by atoms with Crippen LogP contribution >= 0.6 is 0 Å². The van der Waals surface area contributed by atoms with Crippen molar-refractivity contribution in [1.82, 2.24) is 15.1 Å². The summed E-state index contributed by atoms with van der Waals surface area (Å²) in [5, 5.41) is 17.3. The maximum Gasteiger partial charge on any atom is 0.253 e. The highest BCUT2D eigenvalue weighted by molar-refractivity contribution is 5.42. The van der Waals surface area contributed by atoms with E-state index in [-0.39, 0.29) is 12.6 Å². The van der Waals surface area contributed by atoms with Crippen molar-refractivity contribution in [1.29, 1.82) is 5.26 Å². The lowest BCUT2D eigenvalue weighted by atomic mass is 10.2. The van der Waals surface area contributed by atoms with Crippen molar-refractivity contribution in [3.05, 3.63) is 77.5 Å². The Morgan fingerprint density at radius 3 is 2.62 bits per heavy atom. The molecule has 0 saturated heterocycles. The molecule has 0 aliphatic rings. The number of ether oxygens (including phenoxy) is 1. The van der Waals surface area contributed by atoms with Crippen LogP contribution < -0.4 is 4.74 Å². The molecule has 3 rings (SSSR count). The van der Waals surface area contributed by atoms with Crippen molar-refractivity contribution in [3.8, 4) is 11.8 Å². The summed E-state index contributed by atoms with van der Waals surface area (Å²) in [6.07, 6.45) is 0. The number of para-hydroxylation sites is 1. The standard InChI is InChI=1S/C20H20N4O2/c1-15(24(2)13-16-8-4-3-5-9-16)20-23-22-19(26-20)14-25-18-11-7-6-10-17(18)12-21/h3-11,15H,13-14H2,1-2H3. The molecule has 132 valence electrons. The fourth-order valence-electron chi connectivity index (χ4n) is 2.51. The minimum absolute atomic E-state index is 0.0251. The van der Waals surface area contributed by atoms with E-state index in [0.29, 0.717) is 23.1 Å². The Labute approximate surface area is 152 Å². The van der Waals surface area contributed by atoms with Crippen molar-refractivity contribution >= 4 is 0 Å². The van der Waals surface area contributed by atoms with Crippen LogP contribution in [0.1, 0.15) is 35.9 Å². The molecule has 1 atom stereocenters. The van der Waals surface area contributed by atoms with Gasteiger partial charge in [0, 0.05) is 6.54 Å². The summed E-state index contributed by atoms with van der Waals surface area (Å²) in [6.45, 7) is 2.93. The van der Waals surface area contributed by atoms with Gasteiger partial charge in [-0.25, -0.2) is 0 Å². The summed E-state index contributed by atoms with van der Waals surface area (Å²) in [6, 6.07) is 19.3. The molecule has 1 unspecified atom stereocenters. The number of nitrogens with zero attached hydrogens (tertiary/aromatic N) is 4. The number of nitriles is 1. The van der Waals surface area contributed by atoms with Crippen LogP contribution in [0.5, 0.6) is 5.75 Å². The van der Waals surface area contributed by atoms with Crippen LogP contribution in [0.3, 0.4) is 0 Å². The van der Waals surface area contributed by atoms with Gasteiger partial charge >= 0.3 is 0 Å².